The lowest BCUT2D eigenvalue weighted by molar-refractivity contribution is -0.132. The van der Waals surface area contributed by atoms with Crippen molar-refractivity contribution in [3.05, 3.63) is 80.1 Å². The van der Waals surface area contributed by atoms with Crippen LogP contribution in [0.5, 0.6) is 11.5 Å². The number of rotatable bonds is 10. The molecule has 0 bridgehead atoms. The number of sulfone groups is 1. The standard InChI is InChI=1S/C23H25N5O4S2.C18H17N5OS/c1-32-18-9-15-11-24-10-14(15)8-17(18)27-22-21-16-5-6-28(20(29)4-3-7-34(2,30)31)12-19(16)33-23(21)26-13-25-22;1-24-14-5-11-7-20-6-10(11)4-13(14)23-17-16-12-2-3-19-8-15(12)25-18(16)22-9-21-17/h8-10,13H,3-7,11-12H2,1-2H3,(H,25,26,27);4-6,9,19H,2-3,7-8H2,1H3,(H,21,22,23). The summed E-state index contributed by atoms with van der Waals surface area (Å²) < 4.78 is 33.9. The SMILES string of the molecule is COc1cc2c(cc1Nc1ncnc3sc4c(c13)CCN(C(=O)CCCS(C)(=O)=O)C4)C=NC2.COc1cc2c(cc1Nc1ncnc3sc4c(c13)CCNC4)C=NC2. The Morgan fingerprint density at radius 2 is 1.39 bits per heavy atom. The number of hydrogen-bond donors (Lipinski definition) is 3. The maximum absolute atomic E-state index is 12.7. The molecule has 0 fully saturated rings. The minimum absolute atomic E-state index is 0.0132. The Morgan fingerprint density at radius 3 is 1.97 bits per heavy atom. The van der Waals surface area contributed by atoms with E-state index in [4.69, 9.17) is 9.47 Å². The number of benzene rings is 2. The van der Waals surface area contributed by atoms with Gasteiger partial charge in [0.15, 0.2) is 0 Å². The van der Waals surface area contributed by atoms with Crippen molar-refractivity contribution in [1.82, 2.24) is 30.2 Å². The minimum atomic E-state index is -3.06. The van der Waals surface area contributed by atoms with E-state index < -0.39 is 9.84 Å². The van der Waals surface area contributed by atoms with E-state index in [9.17, 15) is 13.2 Å². The van der Waals surface area contributed by atoms with Crippen LogP contribution in [0.1, 0.15) is 56.0 Å². The number of methoxy groups -OCH3 is 2. The summed E-state index contributed by atoms with van der Waals surface area (Å²) in [7, 11) is 0.273. The van der Waals surface area contributed by atoms with Gasteiger partial charge in [0.25, 0.3) is 0 Å². The molecule has 4 aliphatic rings. The maximum atomic E-state index is 12.7. The van der Waals surface area contributed by atoms with Gasteiger partial charge < -0.3 is 30.3 Å². The quantitative estimate of drug-likeness (QED) is 0.144. The van der Waals surface area contributed by atoms with Gasteiger partial charge in [-0.15, -0.1) is 22.7 Å². The highest BCUT2D eigenvalue weighted by Crippen LogP contribution is 2.41. The van der Waals surface area contributed by atoms with Gasteiger partial charge in [0.1, 0.15) is 55.3 Å². The molecule has 0 saturated heterocycles. The van der Waals surface area contributed by atoms with Crippen LogP contribution in [0.4, 0.5) is 23.0 Å². The number of aromatic nitrogens is 4. The molecule has 0 saturated carbocycles. The summed E-state index contributed by atoms with van der Waals surface area (Å²) in [6, 6.07) is 8.16. The highest BCUT2D eigenvalue weighted by atomic mass is 32.2. The highest BCUT2D eigenvalue weighted by molar-refractivity contribution is 7.90. The number of nitrogens with one attached hydrogen (secondary N) is 3. The van der Waals surface area contributed by atoms with Crippen LogP contribution >= 0.6 is 22.7 Å². The van der Waals surface area contributed by atoms with Crippen LogP contribution in [-0.2, 0) is 53.7 Å². The molecule has 0 aliphatic carbocycles. The number of ether oxygens (including phenoxy) is 2. The van der Waals surface area contributed by atoms with Gasteiger partial charge in [-0.2, -0.15) is 0 Å². The van der Waals surface area contributed by atoms with Crippen LogP contribution < -0.4 is 25.4 Å². The van der Waals surface area contributed by atoms with E-state index in [0.717, 1.165) is 102 Å². The summed E-state index contributed by atoms with van der Waals surface area (Å²) >= 11 is 3.32. The van der Waals surface area contributed by atoms with Crippen molar-refractivity contribution in [1.29, 1.82) is 0 Å². The zero-order valence-corrected chi connectivity index (χ0v) is 35.2. The predicted molar refractivity (Wildman–Crippen MR) is 233 cm³/mol. The van der Waals surface area contributed by atoms with E-state index in [1.54, 1.807) is 49.5 Å². The van der Waals surface area contributed by atoms with E-state index in [2.05, 4.69) is 58.0 Å². The molecule has 3 N–H and O–H groups in total. The van der Waals surface area contributed by atoms with Crippen molar-refractivity contribution in [2.45, 2.75) is 51.9 Å². The second kappa shape index (κ2) is 16.2. The van der Waals surface area contributed by atoms with Crippen LogP contribution in [0.3, 0.4) is 0 Å². The summed E-state index contributed by atoms with van der Waals surface area (Å²) in [5.74, 6) is 3.11. The number of carbonyl (C=O) groups is 1. The first-order valence-electron chi connectivity index (χ1n) is 19.3. The van der Waals surface area contributed by atoms with Gasteiger partial charge in [0, 0.05) is 47.9 Å². The average molecular weight is 851 g/mol. The summed E-state index contributed by atoms with van der Waals surface area (Å²) in [5.41, 5.74) is 8.75. The van der Waals surface area contributed by atoms with E-state index in [0.29, 0.717) is 38.3 Å². The van der Waals surface area contributed by atoms with Gasteiger partial charge in [-0.25, -0.2) is 28.4 Å². The van der Waals surface area contributed by atoms with E-state index in [-0.39, 0.29) is 18.1 Å². The fraction of sp³-hybridized carbons (Fsp3) is 0.341. The number of hydrogen-bond acceptors (Lipinski definition) is 16. The van der Waals surface area contributed by atoms with Gasteiger partial charge >= 0.3 is 0 Å². The van der Waals surface area contributed by atoms with E-state index >= 15 is 0 Å². The lowest BCUT2D eigenvalue weighted by Gasteiger charge is -2.27. The minimum Gasteiger partial charge on any atom is -0.495 e. The van der Waals surface area contributed by atoms with Crippen LogP contribution in [0, 0.1) is 0 Å². The summed E-state index contributed by atoms with van der Waals surface area (Å²) in [6.07, 6.45) is 10.4. The topological polar surface area (TPSA) is 185 Å². The maximum Gasteiger partial charge on any atom is 0.222 e. The van der Waals surface area contributed by atoms with Crippen molar-refractivity contribution in [3.63, 3.8) is 0 Å². The summed E-state index contributed by atoms with van der Waals surface area (Å²) in [6.45, 7) is 4.37. The Bertz CT molecular complexity index is 2800. The molecule has 8 heterocycles. The van der Waals surface area contributed by atoms with Crippen molar-refractivity contribution in [3.8, 4) is 11.5 Å². The number of amides is 1. The van der Waals surface area contributed by atoms with E-state index in [1.165, 1.54) is 22.3 Å². The average Bonchev–Trinajstić information content (AvgIpc) is 4.04. The van der Waals surface area contributed by atoms with Gasteiger partial charge in [-0.1, -0.05) is 0 Å². The third-order valence-corrected chi connectivity index (χ3v) is 14.1. The molecular weight excluding hydrogens is 809 g/mol. The van der Waals surface area contributed by atoms with Gasteiger partial charge in [0.2, 0.25) is 5.91 Å². The fourth-order valence-electron chi connectivity index (χ4n) is 7.90. The Hall–Kier alpha value is -5.56. The van der Waals surface area contributed by atoms with Crippen molar-refractivity contribution >= 4 is 94.3 Å². The normalized spacial score (nSPS) is 15.0. The predicted octanol–water partition coefficient (Wildman–Crippen LogP) is 6.11. The molecule has 0 unspecified atom stereocenters. The third kappa shape index (κ3) is 7.96. The molecule has 4 aliphatic heterocycles. The molecule has 304 valence electrons. The molecule has 59 heavy (non-hydrogen) atoms. The molecule has 0 atom stereocenters. The number of fused-ring (bicyclic) bond motifs is 8. The number of thiophene rings is 2. The molecule has 10 rings (SSSR count). The largest absolute Gasteiger partial charge is 0.495 e. The van der Waals surface area contributed by atoms with E-state index in [1.807, 2.05) is 29.5 Å². The van der Waals surface area contributed by atoms with Gasteiger partial charge in [-0.05, 0) is 83.5 Å². The molecule has 6 aromatic rings. The first-order valence-corrected chi connectivity index (χ1v) is 23.0. The van der Waals surface area contributed by atoms with Gasteiger partial charge in [0.05, 0.1) is 61.8 Å². The number of nitrogens with zero attached hydrogens (tertiary/aromatic N) is 7. The Balaban J connectivity index is 0.000000159. The van der Waals surface area contributed by atoms with Crippen LogP contribution in [-0.4, -0.2) is 90.9 Å². The molecule has 2 aromatic carbocycles. The Labute approximate surface area is 349 Å². The van der Waals surface area contributed by atoms with Crippen molar-refractivity contribution in [2.24, 2.45) is 9.98 Å². The molecular formula is C41H42N10O5S3. The molecule has 4 aromatic heterocycles. The molecule has 0 radical (unpaired) electrons. The highest BCUT2D eigenvalue weighted by Gasteiger charge is 2.27. The first-order chi connectivity index (χ1) is 28.7. The van der Waals surface area contributed by atoms with Crippen LogP contribution in [0.15, 0.2) is 46.9 Å². The second-order valence-electron chi connectivity index (χ2n) is 14.7. The smallest absolute Gasteiger partial charge is 0.222 e. The first kappa shape index (κ1) is 38.9. The molecule has 1 amide bonds. The monoisotopic (exact) mass is 850 g/mol. The Morgan fingerprint density at radius 1 is 0.814 bits per heavy atom. The lowest BCUT2D eigenvalue weighted by atomic mass is 10.0. The summed E-state index contributed by atoms with van der Waals surface area (Å²) in [5, 5.41) is 12.5. The summed E-state index contributed by atoms with van der Waals surface area (Å²) in [4.78, 5) is 45.5. The number of aliphatic imine (C=N–C) groups is 2. The van der Waals surface area contributed by atoms with Crippen molar-refractivity contribution < 1.29 is 22.7 Å². The molecule has 0 spiro atoms. The number of anilines is 4. The van der Waals surface area contributed by atoms with Crippen LogP contribution in [0.2, 0.25) is 0 Å². The van der Waals surface area contributed by atoms with Crippen molar-refractivity contribution in [2.75, 3.05) is 50.0 Å². The van der Waals surface area contributed by atoms with Gasteiger partial charge in [-0.3, -0.25) is 14.8 Å². The lowest BCUT2D eigenvalue weighted by Crippen LogP contribution is -2.35. The Kier molecular flexibility index (Phi) is 10.7. The fourth-order valence-corrected chi connectivity index (χ4v) is 10.9. The zero-order chi connectivity index (χ0) is 40.7. The van der Waals surface area contributed by atoms with Crippen LogP contribution in [0.25, 0.3) is 20.4 Å². The third-order valence-electron chi connectivity index (χ3n) is 10.8. The zero-order valence-electron chi connectivity index (χ0n) is 32.8. The number of carbonyl (C=O) groups excluding carboxylic acids is 1. The molecule has 15 nitrogen and oxygen atoms in total. The second-order valence-corrected chi connectivity index (χ2v) is 19.2. The molecule has 18 heteroatoms.